The van der Waals surface area contributed by atoms with Gasteiger partial charge in [0.15, 0.2) is 0 Å². The third kappa shape index (κ3) is 1.83. The van der Waals surface area contributed by atoms with E-state index in [1.165, 1.54) is 19.3 Å². The summed E-state index contributed by atoms with van der Waals surface area (Å²) in [7, 11) is 0. The average molecular weight is 139 g/mol. The van der Waals surface area contributed by atoms with Gasteiger partial charge in [0.25, 0.3) is 0 Å². The highest BCUT2D eigenvalue weighted by atomic mass is 16.1. The Morgan fingerprint density at radius 1 is 1.50 bits per heavy atom. The first-order valence-electron chi connectivity index (χ1n) is 4.24. The zero-order valence-corrected chi connectivity index (χ0v) is 6.60. The summed E-state index contributed by atoms with van der Waals surface area (Å²) < 4.78 is 0. The van der Waals surface area contributed by atoms with Gasteiger partial charge in [-0.2, -0.15) is 0 Å². The summed E-state index contributed by atoms with van der Waals surface area (Å²) in [5.41, 5.74) is 0. The van der Waals surface area contributed by atoms with Crippen LogP contribution < -0.4 is 0 Å². The van der Waals surface area contributed by atoms with Gasteiger partial charge in [-0.15, -0.1) is 0 Å². The van der Waals surface area contributed by atoms with Gasteiger partial charge >= 0.3 is 0 Å². The van der Waals surface area contributed by atoms with Crippen molar-refractivity contribution in [3.05, 3.63) is 0 Å². The average Bonchev–Trinajstić information content (AvgIpc) is 2.05. The van der Waals surface area contributed by atoms with Crippen molar-refractivity contribution < 1.29 is 4.79 Å². The van der Waals surface area contributed by atoms with Crippen molar-refractivity contribution in [1.82, 2.24) is 0 Å². The molecule has 1 saturated carbocycles. The van der Waals surface area contributed by atoms with Crippen molar-refractivity contribution in [3.8, 4) is 0 Å². The highest BCUT2D eigenvalue weighted by molar-refractivity contribution is 5.54. The molecule has 57 valence electrons. The minimum absolute atomic E-state index is 0.263. The quantitative estimate of drug-likeness (QED) is 0.573. The lowest BCUT2D eigenvalue weighted by molar-refractivity contribution is 0.303. The molecule has 0 aromatic heterocycles. The number of carbonyl (C=O) groups excluding carboxylic acids is 1. The number of hydrogen-bond donors (Lipinski definition) is 0. The van der Waals surface area contributed by atoms with Gasteiger partial charge in [-0.25, -0.2) is 0 Å². The second kappa shape index (κ2) is 3.75. The highest BCUT2D eigenvalue weighted by Crippen LogP contribution is 2.29. The Morgan fingerprint density at radius 3 is 2.90 bits per heavy atom. The molecule has 1 rings (SSSR count). The smallest absolute Gasteiger partial charge is 0.201 e. The molecule has 0 aliphatic heterocycles. The van der Waals surface area contributed by atoms with Gasteiger partial charge in [-0.3, -0.25) is 4.79 Å². The molecule has 2 unspecified atom stereocenters. The molecule has 0 spiro atoms. The molecule has 1 radical (unpaired) electrons. The van der Waals surface area contributed by atoms with Crippen molar-refractivity contribution >= 4 is 6.29 Å². The maximum absolute atomic E-state index is 10.3. The summed E-state index contributed by atoms with van der Waals surface area (Å²) in [6.07, 6.45) is 8.10. The minimum Gasteiger partial charge on any atom is -0.291 e. The molecule has 1 heteroatoms. The summed E-state index contributed by atoms with van der Waals surface area (Å²) in [6, 6.07) is 0. The molecule has 0 aromatic rings. The van der Waals surface area contributed by atoms with Gasteiger partial charge < -0.3 is 0 Å². The zero-order chi connectivity index (χ0) is 7.40. The fourth-order valence-electron chi connectivity index (χ4n) is 1.77. The standard InChI is InChI=1S/C9H15O/c1-2-8-4-3-5-9(6-8)7-10/h8-9H,2-6H2,1H3. The first kappa shape index (κ1) is 7.77. The largest absolute Gasteiger partial charge is 0.291 e. The van der Waals surface area contributed by atoms with Crippen LogP contribution in [0.15, 0.2) is 0 Å². The normalized spacial score (nSPS) is 33.7. The van der Waals surface area contributed by atoms with E-state index in [0.717, 1.165) is 18.8 Å². The van der Waals surface area contributed by atoms with Gasteiger partial charge in [0.2, 0.25) is 6.29 Å². The number of rotatable bonds is 2. The Morgan fingerprint density at radius 2 is 2.30 bits per heavy atom. The molecule has 0 bridgehead atoms. The molecule has 10 heavy (non-hydrogen) atoms. The maximum atomic E-state index is 10.3. The molecule has 0 aromatic carbocycles. The van der Waals surface area contributed by atoms with Gasteiger partial charge in [0, 0.05) is 5.92 Å². The van der Waals surface area contributed by atoms with E-state index >= 15 is 0 Å². The Balaban J connectivity index is 2.31. The van der Waals surface area contributed by atoms with Crippen molar-refractivity contribution in [2.75, 3.05) is 0 Å². The summed E-state index contributed by atoms with van der Waals surface area (Å²) in [4.78, 5) is 10.3. The Hall–Kier alpha value is -0.330. The van der Waals surface area contributed by atoms with Crippen molar-refractivity contribution in [1.29, 1.82) is 0 Å². The molecular weight excluding hydrogens is 124 g/mol. The van der Waals surface area contributed by atoms with Gasteiger partial charge in [-0.05, 0) is 18.8 Å². The van der Waals surface area contributed by atoms with Crippen LogP contribution >= 0.6 is 0 Å². The fourth-order valence-corrected chi connectivity index (χ4v) is 1.77. The van der Waals surface area contributed by atoms with E-state index in [-0.39, 0.29) is 5.92 Å². The van der Waals surface area contributed by atoms with E-state index in [1.54, 1.807) is 0 Å². The SMILES string of the molecule is CCC1CCCC([C]=O)C1. The van der Waals surface area contributed by atoms with Crippen LogP contribution in [0.1, 0.15) is 39.0 Å². The molecule has 0 saturated heterocycles. The van der Waals surface area contributed by atoms with Gasteiger partial charge in [0.1, 0.15) is 0 Å². The lowest BCUT2D eigenvalue weighted by Crippen LogP contribution is -2.15. The Labute approximate surface area is 62.8 Å². The highest BCUT2D eigenvalue weighted by Gasteiger charge is 2.20. The molecule has 1 nitrogen and oxygen atoms in total. The molecule has 0 amide bonds. The van der Waals surface area contributed by atoms with Crippen LogP contribution in [0.3, 0.4) is 0 Å². The van der Waals surface area contributed by atoms with Crippen LogP contribution in [0.5, 0.6) is 0 Å². The van der Waals surface area contributed by atoms with Crippen LogP contribution in [-0.2, 0) is 4.79 Å². The van der Waals surface area contributed by atoms with Crippen molar-refractivity contribution in [2.45, 2.75) is 39.0 Å². The molecule has 1 aliphatic rings. The fraction of sp³-hybridized carbons (Fsp3) is 0.889. The minimum atomic E-state index is 0.263. The molecule has 0 N–H and O–H groups in total. The molecule has 1 fully saturated rings. The first-order valence-corrected chi connectivity index (χ1v) is 4.24. The second-order valence-electron chi connectivity index (χ2n) is 3.26. The molecule has 0 heterocycles. The van der Waals surface area contributed by atoms with E-state index in [1.807, 2.05) is 0 Å². The number of hydrogen-bond acceptors (Lipinski definition) is 1. The maximum Gasteiger partial charge on any atom is 0.201 e. The van der Waals surface area contributed by atoms with Crippen molar-refractivity contribution in [2.24, 2.45) is 11.8 Å². The monoisotopic (exact) mass is 139 g/mol. The first-order chi connectivity index (χ1) is 4.86. The Kier molecular flexibility index (Phi) is 2.91. The predicted octanol–water partition coefficient (Wildman–Crippen LogP) is 2.31. The van der Waals surface area contributed by atoms with Crippen LogP contribution in [0.2, 0.25) is 0 Å². The topological polar surface area (TPSA) is 17.1 Å². The Bertz CT molecular complexity index is 109. The van der Waals surface area contributed by atoms with Gasteiger partial charge in [0.05, 0.1) is 0 Å². The van der Waals surface area contributed by atoms with E-state index in [2.05, 4.69) is 13.2 Å². The molecule has 1 aliphatic carbocycles. The molecule has 2 atom stereocenters. The van der Waals surface area contributed by atoms with E-state index in [9.17, 15) is 4.79 Å². The lowest BCUT2D eigenvalue weighted by atomic mass is 9.81. The van der Waals surface area contributed by atoms with Crippen molar-refractivity contribution in [3.63, 3.8) is 0 Å². The van der Waals surface area contributed by atoms with E-state index in [0.29, 0.717) is 0 Å². The van der Waals surface area contributed by atoms with Crippen LogP contribution in [0.4, 0.5) is 0 Å². The zero-order valence-electron chi connectivity index (χ0n) is 6.60. The summed E-state index contributed by atoms with van der Waals surface area (Å²) in [6.45, 7) is 2.21. The predicted molar refractivity (Wildman–Crippen MR) is 41.4 cm³/mol. The summed E-state index contributed by atoms with van der Waals surface area (Å²) in [5.74, 6) is 1.07. The lowest BCUT2D eigenvalue weighted by Gasteiger charge is -2.23. The van der Waals surface area contributed by atoms with E-state index in [4.69, 9.17) is 0 Å². The van der Waals surface area contributed by atoms with Crippen LogP contribution in [-0.4, -0.2) is 6.29 Å². The summed E-state index contributed by atoms with van der Waals surface area (Å²) >= 11 is 0. The van der Waals surface area contributed by atoms with Crippen LogP contribution in [0.25, 0.3) is 0 Å². The van der Waals surface area contributed by atoms with Gasteiger partial charge in [-0.1, -0.05) is 26.2 Å². The molecular formula is C9H15O. The van der Waals surface area contributed by atoms with Crippen LogP contribution in [0, 0.1) is 11.8 Å². The summed E-state index contributed by atoms with van der Waals surface area (Å²) in [5, 5.41) is 0. The third-order valence-electron chi connectivity index (χ3n) is 2.53. The van der Waals surface area contributed by atoms with E-state index < -0.39 is 0 Å². The second-order valence-corrected chi connectivity index (χ2v) is 3.26. The third-order valence-corrected chi connectivity index (χ3v) is 2.53.